The van der Waals surface area contributed by atoms with Crippen LogP contribution in [0.5, 0.6) is 5.75 Å². The number of carbonyl (C=O) groups is 1. The summed E-state index contributed by atoms with van der Waals surface area (Å²) < 4.78 is 7.46. The normalized spacial score (nSPS) is 12.1. The Bertz CT molecular complexity index is 595. The highest BCUT2D eigenvalue weighted by Gasteiger charge is 2.15. The molecule has 2 rings (SSSR count). The Morgan fingerprint density at radius 3 is 2.85 bits per heavy atom. The minimum absolute atomic E-state index is 0.233. The van der Waals surface area contributed by atoms with E-state index in [1.165, 1.54) is 0 Å². The number of nitrogens with zero attached hydrogens (tertiary/aromatic N) is 2. The largest absolute Gasteiger partial charge is 0.487 e. The lowest BCUT2D eigenvalue weighted by Gasteiger charge is -2.13. The van der Waals surface area contributed by atoms with Crippen molar-refractivity contribution in [2.45, 2.75) is 19.1 Å². The Labute approximate surface area is 116 Å². The Balaban J connectivity index is 2.08. The van der Waals surface area contributed by atoms with Gasteiger partial charge in [-0.05, 0) is 17.7 Å². The number of carboxylic acid groups (broad SMARTS) is 1. The topological polar surface area (TPSA) is 90.4 Å². The van der Waals surface area contributed by atoms with Crippen molar-refractivity contribution in [1.82, 2.24) is 9.78 Å². The maximum absolute atomic E-state index is 10.8. The minimum atomic E-state index is -1.02. The molecule has 2 aromatic rings. The van der Waals surface area contributed by atoms with Crippen molar-refractivity contribution in [1.29, 1.82) is 0 Å². The molecule has 6 nitrogen and oxygen atoms in total. The first kappa shape index (κ1) is 14.1. The second kappa shape index (κ2) is 6.21. The summed E-state index contributed by atoms with van der Waals surface area (Å²) in [7, 11) is 1.84. The molecule has 0 bridgehead atoms. The molecule has 1 heterocycles. The van der Waals surface area contributed by atoms with E-state index in [2.05, 4.69) is 5.10 Å². The molecule has 0 aliphatic heterocycles. The summed E-state index contributed by atoms with van der Waals surface area (Å²) in [6.45, 7) is 0.371. The fraction of sp³-hybridized carbons (Fsp3) is 0.286. The molecule has 0 saturated carbocycles. The molecule has 106 valence electrons. The van der Waals surface area contributed by atoms with E-state index in [1.54, 1.807) is 16.9 Å². The lowest BCUT2D eigenvalue weighted by molar-refractivity contribution is -0.138. The molecule has 20 heavy (non-hydrogen) atoms. The number of aromatic nitrogens is 2. The minimum Gasteiger partial charge on any atom is -0.487 e. The SMILES string of the molecule is Cn1nccc1COc1ccccc1C[C@@H](N)C(=O)O. The van der Waals surface area contributed by atoms with Gasteiger partial charge in [-0.25, -0.2) is 0 Å². The predicted molar refractivity (Wildman–Crippen MR) is 73.3 cm³/mol. The summed E-state index contributed by atoms with van der Waals surface area (Å²) in [6.07, 6.45) is 1.93. The molecule has 0 aliphatic rings. The van der Waals surface area contributed by atoms with Gasteiger partial charge in [0.2, 0.25) is 0 Å². The van der Waals surface area contributed by atoms with Crippen molar-refractivity contribution in [3.05, 3.63) is 47.8 Å². The van der Waals surface area contributed by atoms with Crippen LogP contribution in [0.25, 0.3) is 0 Å². The third kappa shape index (κ3) is 3.36. The number of rotatable bonds is 6. The Kier molecular flexibility index (Phi) is 4.37. The van der Waals surface area contributed by atoms with Crippen LogP contribution in [-0.4, -0.2) is 26.9 Å². The third-order valence-electron chi connectivity index (χ3n) is 3.03. The van der Waals surface area contributed by atoms with Gasteiger partial charge in [-0.1, -0.05) is 18.2 Å². The molecule has 0 fully saturated rings. The number of hydrogen-bond donors (Lipinski definition) is 2. The summed E-state index contributed by atoms with van der Waals surface area (Å²) >= 11 is 0. The van der Waals surface area contributed by atoms with Gasteiger partial charge in [0.1, 0.15) is 18.4 Å². The molecule has 0 amide bonds. The molecule has 0 saturated heterocycles. The number of para-hydroxylation sites is 1. The van der Waals surface area contributed by atoms with Crippen LogP contribution in [0.2, 0.25) is 0 Å². The number of aliphatic carboxylic acids is 1. The summed E-state index contributed by atoms with van der Waals surface area (Å²) in [6, 6.07) is 8.24. The highest BCUT2D eigenvalue weighted by molar-refractivity contribution is 5.73. The zero-order chi connectivity index (χ0) is 14.5. The zero-order valence-corrected chi connectivity index (χ0v) is 11.2. The predicted octanol–water partition coefficient (Wildman–Crippen LogP) is 0.954. The average Bonchev–Trinajstić information content (AvgIpc) is 2.83. The summed E-state index contributed by atoms with van der Waals surface area (Å²) in [4.78, 5) is 10.8. The standard InChI is InChI=1S/C14H17N3O3/c1-17-11(6-7-16-17)9-20-13-5-3-2-4-10(13)8-12(15)14(18)19/h2-7,12H,8-9,15H2,1H3,(H,18,19)/t12-/m1/s1. The van der Waals surface area contributed by atoms with Gasteiger partial charge in [0.15, 0.2) is 0 Å². The van der Waals surface area contributed by atoms with Crippen LogP contribution in [-0.2, 0) is 24.9 Å². The van der Waals surface area contributed by atoms with Crippen LogP contribution in [0.1, 0.15) is 11.3 Å². The molecule has 3 N–H and O–H groups in total. The molecular formula is C14H17N3O3. The van der Waals surface area contributed by atoms with Gasteiger partial charge in [-0.3, -0.25) is 9.48 Å². The van der Waals surface area contributed by atoms with Crippen LogP contribution in [0, 0.1) is 0 Å². The van der Waals surface area contributed by atoms with Crippen molar-refractivity contribution in [2.24, 2.45) is 12.8 Å². The van der Waals surface area contributed by atoms with E-state index in [9.17, 15) is 4.79 Å². The maximum Gasteiger partial charge on any atom is 0.320 e. The first-order chi connectivity index (χ1) is 9.58. The van der Waals surface area contributed by atoms with Crippen molar-refractivity contribution < 1.29 is 14.6 Å². The summed E-state index contributed by atoms with van der Waals surface area (Å²) in [5, 5.41) is 12.9. The van der Waals surface area contributed by atoms with Crippen LogP contribution in [0.15, 0.2) is 36.5 Å². The molecule has 1 atom stereocenters. The van der Waals surface area contributed by atoms with E-state index in [4.69, 9.17) is 15.6 Å². The fourth-order valence-electron chi connectivity index (χ4n) is 1.83. The first-order valence-corrected chi connectivity index (χ1v) is 6.24. The second-order valence-corrected chi connectivity index (χ2v) is 4.49. The maximum atomic E-state index is 10.8. The third-order valence-corrected chi connectivity index (χ3v) is 3.03. The van der Waals surface area contributed by atoms with Crippen molar-refractivity contribution >= 4 is 5.97 Å². The van der Waals surface area contributed by atoms with Crippen molar-refractivity contribution in [3.63, 3.8) is 0 Å². The fourth-order valence-corrected chi connectivity index (χ4v) is 1.83. The second-order valence-electron chi connectivity index (χ2n) is 4.49. The molecule has 0 aliphatic carbocycles. The lowest BCUT2D eigenvalue weighted by atomic mass is 10.1. The van der Waals surface area contributed by atoms with Crippen LogP contribution in [0.3, 0.4) is 0 Å². The van der Waals surface area contributed by atoms with Gasteiger partial charge in [0, 0.05) is 19.7 Å². The smallest absolute Gasteiger partial charge is 0.320 e. The van der Waals surface area contributed by atoms with E-state index in [1.807, 2.05) is 31.3 Å². The molecule has 0 unspecified atom stereocenters. The van der Waals surface area contributed by atoms with E-state index >= 15 is 0 Å². The van der Waals surface area contributed by atoms with E-state index in [-0.39, 0.29) is 6.42 Å². The van der Waals surface area contributed by atoms with Gasteiger partial charge < -0.3 is 15.6 Å². The van der Waals surface area contributed by atoms with E-state index in [0.29, 0.717) is 12.4 Å². The lowest BCUT2D eigenvalue weighted by Crippen LogP contribution is -2.32. The molecule has 0 radical (unpaired) electrons. The number of nitrogens with two attached hydrogens (primary N) is 1. The first-order valence-electron chi connectivity index (χ1n) is 6.24. The van der Waals surface area contributed by atoms with Gasteiger partial charge in [0.05, 0.1) is 5.69 Å². The number of hydrogen-bond acceptors (Lipinski definition) is 4. The molecule has 0 spiro atoms. The summed E-state index contributed by atoms with van der Waals surface area (Å²) in [5.74, 6) is -0.378. The summed E-state index contributed by atoms with van der Waals surface area (Å²) in [5.41, 5.74) is 7.28. The van der Waals surface area contributed by atoms with Crippen LogP contribution >= 0.6 is 0 Å². The van der Waals surface area contributed by atoms with Gasteiger partial charge >= 0.3 is 5.97 Å². The van der Waals surface area contributed by atoms with Crippen molar-refractivity contribution in [3.8, 4) is 5.75 Å². The Hall–Kier alpha value is -2.34. The highest BCUT2D eigenvalue weighted by atomic mass is 16.5. The van der Waals surface area contributed by atoms with Gasteiger partial charge in [0.25, 0.3) is 0 Å². The monoisotopic (exact) mass is 275 g/mol. The van der Waals surface area contributed by atoms with Crippen molar-refractivity contribution in [2.75, 3.05) is 0 Å². The average molecular weight is 275 g/mol. The van der Waals surface area contributed by atoms with Crippen LogP contribution < -0.4 is 10.5 Å². The van der Waals surface area contributed by atoms with Gasteiger partial charge in [-0.15, -0.1) is 0 Å². The number of benzene rings is 1. The van der Waals surface area contributed by atoms with E-state index < -0.39 is 12.0 Å². The van der Waals surface area contributed by atoms with E-state index in [0.717, 1.165) is 11.3 Å². The Morgan fingerprint density at radius 2 is 2.20 bits per heavy atom. The van der Waals surface area contributed by atoms with Gasteiger partial charge in [-0.2, -0.15) is 5.10 Å². The molecule has 1 aromatic heterocycles. The Morgan fingerprint density at radius 1 is 1.45 bits per heavy atom. The number of aryl methyl sites for hydroxylation is 1. The molecule has 6 heteroatoms. The number of ether oxygens (including phenoxy) is 1. The highest BCUT2D eigenvalue weighted by Crippen LogP contribution is 2.20. The van der Waals surface area contributed by atoms with Crippen LogP contribution in [0.4, 0.5) is 0 Å². The zero-order valence-electron chi connectivity index (χ0n) is 11.2. The number of carboxylic acids is 1. The molecular weight excluding hydrogens is 258 g/mol. The molecule has 1 aromatic carbocycles. The quantitative estimate of drug-likeness (QED) is 0.819.